The van der Waals surface area contributed by atoms with Crippen LogP contribution in [0.15, 0.2) is 66.8 Å². The number of rotatable bonds is 9. The van der Waals surface area contributed by atoms with Gasteiger partial charge in [-0.2, -0.15) is 0 Å². The second kappa shape index (κ2) is 13.1. The van der Waals surface area contributed by atoms with Crippen molar-refractivity contribution in [1.82, 2.24) is 15.5 Å². The molecule has 0 spiro atoms. The predicted octanol–water partition coefficient (Wildman–Crippen LogP) is 5.59. The third kappa shape index (κ3) is 7.66. The van der Waals surface area contributed by atoms with Crippen LogP contribution >= 0.6 is 0 Å². The molecule has 5 nitrogen and oxygen atoms in total. The fourth-order valence-corrected chi connectivity index (χ4v) is 4.61. The summed E-state index contributed by atoms with van der Waals surface area (Å²) in [7, 11) is 4.24. The summed E-state index contributed by atoms with van der Waals surface area (Å²) in [4.78, 5) is 27.8. The molecule has 2 amide bonds. The molecule has 0 unspecified atom stereocenters. The second-order valence-corrected chi connectivity index (χ2v) is 9.47. The molecule has 0 heterocycles. The number of carbonyl (C=O) groups is 2. The molecule has 0 atom stereocenters. The van der Waals surface area contributed by atoms with E-state index in [1.807, 2.05) is 61.5 Å². The van der Waals surface area contributed by atoms with E-state index in [0.717, 1.165) is 48.8 Å². The summed E-state index contributed by atoms with van der Waals surface area (Å²) in [6, 6.07) is 16.0. The van der Waals surface area contributed by atoms with Gasteiger partial charge in [-0.3, -0.25) is 9.59 Å². The van der Waals surface area contributed by atoms with E-state index < -0.39 is 0 Å². The summed E-state index contributed by atoms with van der Waals surface area (Å²) in [6.45, 7) is 4.48. The predicted molar refractivity (Wildman–Crippen MR) is 144 cm³/mol. The van der Waals surface area contributed by atoms with Crippen molar-refractivity contribution >= 4 is 17.4 Å². The van der Waals surface area contributed by atoms with Crippen LogP contribution in [0.4, 0.5) is 0 Å². The monoisotopic (exact) mass is 473 g/mol. The van der Waals surface area contributed by atoms with Gasteiger partial charge in [0.1, 0.15) is 0 Å². The van der Waals surface area contributed by atoms with E-state index in [9.17, 15) is 9.59 Å². The summed E-state index contributed by atoms with van der Waals surface area (Å²) >= 11 is 0. The van der Waals surface area contributed by atoms with Crippen molar-refractivity contribution in [3.8, 4) is 0 Å². The molecule has 1 aliphatic carbocycles. The van der Waals surface area contributed by atoms with Gasteiger partial charge in [-0.05, 0) is 94.1 Å². The lowest BCUT2D eigenvalue weighted by molar-refractivity contribution is 0.0915. The highest BCUT2D eigenvalue weighted by Gasteiger charge is 2.23. The highest BCUT2D eigenvalue weighted by atomic mass is 16.2. The molecule has 2 aromatic rings. The van der Waals surface area contributed by atoms with Crippen molar-refractivity contribution in [3.63, 3.8) is 0 Å². The first-order chi connectivity index (χ1) is 16.9. The number of carbonyl (C=O) groups excluding carboxylic acids is 2. The molecule has 5 heteroatoms. The van der Waals surface area contributed by atoms with Gasteiger partial charge in [0.25, 0.3) is 11.8 Å². The largest absolute Gasteiger partial charge is 0.349 e. The number of nitrogens with one attached hydrogen (secondary N) is 2. The fraction of sp³-hybridized carbons (Fsp3) is 0.400. The van der Waals surface area contributed by atoms with E-state index in [-0.39, 0.29) is 17.9 Å². The van der Waals surface area contributed by atoms with Gasteiger partial charge in [-0.25, -0.2) is 0 Å². The van der Waals surface area contributed by atoms with Crippen LogP contribution in [0.1, 0.15) is 77.8 Å². The van der Waals surface area contributed by atoms with Crippen molar-refractivity contribution in [2.45, 2.75) is 64.6 Å². The standard InChI is InChI=1S/C30H39N3O2/c1-5-8-23(9-6-2)24-12-14-25(15-13-24)29(34)31-21-22-10-7-11-26(20-22)30(35)32-27-16-18-28(19-17-27)33(3)4/h5,7-15,20,27-28H,6,16-19,21H2,1-4H3,(H,31,34)(H,32,35)/b8-5-,23-9+. The Morgan fingerprint density at radius 3 is 2.26 bits per heavy atom. The molecule has 0 radical (unpaired) electrons. The van der Waals surface area contributed by atoms with Crippen LogP contribution in [-0.4, -0.2) is 42.9 Å². The lowest BCUT2D eigenvalue weighted by Crippen LogP contribution is -2.41. The Hall–Kier alpha value is -3.18. The average molecular weight is 474 g/mol. The Kier molecular flexibility index (Phi) is 9.86. The number of amides is 2. The van der Waals surface area contributed by atoms with Crippen LogP contribution in [0.3, 0.4) is 0 Å². The minimum absolute atomic E-state index is 0.0425. The molecule has 2 N–H and O–H groups in total. The van der Waals surface area contributed by atoms with Crippen LogP contribution in [0.5, 0.6) is 0 Å². The van der Waals surface area contributed by atoms with E-state index in [1.54, 1.807) is 0 Å². The van der Waals surface area contributed by atoms with Crippen LogP contribution in [0.2, 0.25) is 0 Å². The van der Waals surface area contributed by atoms with Crippen molar-refractivity contribution in [2.24, 2.45) is 0 Å². The third-order valence-corrected chi connectivity index (χ3v) is 6.66. The number of hydrogen-bond acceptors (Lipinski definition) is 3. The summed E-state index contributed by atoms with van der Waals surface area (Å²) in [5.41, 5.74) is 4.40. The first-order valence-corrected chi connectivity index (χ1v) is 12.7. The van der Waals surface area contributed by atoms with Gasteiger partial charge in [0.15, 0.2) is 0 Å². The lowest BCUT2D eigenvalue weighted by atomic mass is 9.90. The van der Waals surface area contributed by atoms with Crippen molar-refractivity contribution in [2.75, 3.05) is 14.1 Å². The maximum atomic E-state index is 12.8. The van der Waals surface area contributed by atoms with E-state index >= 15 is 0 Å². The summed E-state index contributed by atoms with van der Waals surface area (Å²) in [5.74, 6) is -0.171. The SMILES string of the molecule is C/C=C\C(=C/CC)c1ccc(C(=O)NCc2cccc(C(=O)NC3CCC(N(C)C)CC3)c2)cc1. The smallest absolute Gasteiger partial charge is 0.251 e. The Morgan fingerprint density at radius 1 is 0.943 bits per heavy atom. The van der Waals surface area contributed by atoms with Gasteiger partial charge in [0.05, 0.1) is 0 Å². The van der Waals surface area contributed by atoms with E-state index in [2.05, 4.69) is 48.7 Å². The van der Waals surface area contributed by atoms with Gasteiger partial charge in [0, 0.05) is 29.8 Å². The first kappa shape index (κ1) is 26.4. The van der Waals surface area contributed by atoms with Crippen molar-refractivity contribution < 1.29 is 9.59 Å². The Labute approximate surface area is 210 Å². The van der Waals surface area contributed by atoms with Crippen molar-refractivity contribution in [1.29, 1.82) is 0 Å². The van der Waals surface area contributed by atoms with Crippen LogP contribution in [-0.2, 0) is 6.54 Å². The topological polar surface area (TPSA) is 61.4 Å². The quantitative estimate of drug-likeness (QED) is 0.467. The molecule has 2 aromatic carbocycles. The van der Waals surface area contributed by atoms with Crippen LogP contribution in [0, 0.1) is 0 Å². The number of benzene rings is 2. The second-order valence-electron chi connectivity index (χ2n) is 9.47. The summed E-state index contributed by atoms with van der Waals surface area (Å²) in [5, 5.41) is 6.16. The Morgan fingerprint density at radius 2 is 1.63 bits per heavy atom. The number of hydrogen-bond donors (Lipinski definition) is 2. The lowest BCUT2D eigenvalue weighted by Gasteiger charge is -2.33. The van der Waals surface area contributed by atoms with Gasteiger partial charge < -0.3 is 15.5 Å². The minimum atomic E-state index is -0.129. The van der Waals surface area contributed by atoms with Crippen molar-refractivity contribution in [3.05, 3.63) is 89.0 Å². The van der Waals surface area contributed by atoms with Gasteiger partial charge in [-0.1, -0.05) is 49.4 Å². The van der Waals surface area contributed by atoms with E-state index in [0.29, 0.717) is 23.7 Å². The molecular weight excluding hydrogens is 434 g/mol. The molecule has 0 bridgehead atoms. The molecule has 0 aliphatic heterocycles. The molecular formula is C30H39N3O2. The Balaban J connectivity index is 1.54. The number of allylic oxidation sites excluding steroid dienone is 4. The zero-order chi connectivity index (χ0) is 25.2. The fourth-order valence-electron chi connectivity index (χ4n) is 4.61. The van der Waals surface area contributed by atoms with E-state index in [1.165, 1.54) is 0 Å². The molecule has 1 aliphatic rings. The zero-order valence-electron chi connectivity index (χ0n) is 21.5. The maximum absolute atomic E-state index is 12.8. The molecule has 0 saturated heterocycles. The summed E-state index contributed by atoms with van der Waals surface area (Å²) in [6.07, 6.45) is 11.5. The van der Waals surface area contributed by atoms with Gasteiger partial charge in [-0.15, -0.1) is 0 Å². The zero-order valence-corrected chi connectivity index (χ0v) is 21.5. The van der Waals surface area contributed by atoms with Crippen LogP contribution < -0.4 is 10.6 Å². The van der Waals surface area contributed by atoms with Crippen LogP contribution in [0.25, 0.3) is 5.57 Å². The molecule has 1 fully saturated rings. The molecule has 0 aromatic heterocycles. The maximum Gasteiger partial charge on any atom is 0.251 e. The molecule has 186 valence electrons. The first-order valence-electron chi connectivity index (χ1n) is 12.7. The molecule has 3 rings (SSSR count). The molecule has 35 heavy (non-hydrogen) atoms. The minimum Gasteiger partial charge on any atom is -0.349 e. The van der Waals surface area contributed by atoms with E-state index in [4.69, 9.17) is 0 Å². The molecule has 1 saturated carbocycles. The van der Waals surface area contributed by atoms with Gasteiger partial charge in [0.2, 0.25) is 0 Å². The third-order valence-electron chi connectivity index (χ3n) is 6.66. The van der Waals surface area contributed by atoms with Gasteiger partial charge >= 0.3 is 0 Å². The average Bonchev–Trinajstić information content (AvgIpc) is 2.87. The normalized spacial score (nSPS) is 18.6. The highest BCUT2D eigenvalue weighted by Crippen LogP contribution is 2.22. The highest BCUT2D eigenvalue weighted by molar-refractivity contribution is 5.95. The Bertz CT molecular complexity index is 1050. The summed E-state index contributed by atoms with van der Waals surface area (Å²) < 4.78 is 0. The number of nitrogens with zero attached hydrogens (tertiary/aromatic N) is 1.